The number of carbonyl (C=O) groups excluding carboxylic acids is 1. The number of nitro groups is 1. The molecule has 2 heterocycles. The third-order valence-corrected chi connectivity index (χ3v) is 3.64. The van der Waals surface area contributed by atoms with Crippen molar-refractivity contribution < 1.29 is 19.6 Å². The Labute approximate surface area is 107 Å². The van der Waals surface area contributed by atoms with E-state index in [0.717, 1.165) is 11.3 Å². The average molecular weight is 272 g/mol. The molecule has 0 aromatic carbocycles. The van der Waals surface area contributed by atoms with E-state index in [1.165, 1.54) is 12.1 Å². The summed E-state index contributed by atoms with van der Waals surface area (Å²) in [6.07, 6.45) is -0.377. The number of ether oxygens (including phenoxy) is 1. The Balaban J connectivity index is 2.07. The fraction of sp³-hybridized carbons (Fsp3) is 0.500. The lowest BCUT2D eigenvalue weighted by atomic mass is 10.2. The molecule has 1 aliphatic heterocycles. The van der Waals surface area contributed by atoms with Crippen LogP contribution in [0.5, 0.6) is 0 Å². The van der Waals surface area contributed by atoms with E-state index in [4.69, 9.17) is 9.84 Å². The van der Waals surface area contributed by atoms with E-state index >= 15 is 0 Å². The average Bonchev–Trinajstić information content (AvgIpc) is 2.87. The van der Waals surface area contributed by atoms with Gasteiger partial charge < -0.3 is 14.7 Å². The first-order valence-corrected chi connectivity index (χ1v) is 6.19. The summed E-state index contributed by atoms with van der Waals surface area (Å²) in [6.45, 7) is 0.959. The highest BCUT2D eigenvalue weighted by Gasteiger charge is 2.26. The molecule has 98 valence electrons. The van der Waals surface area contributed by atoms with E-state index in [-0.39, 0.29) is 23.6 Å². The molecule has 1 atom stereocenters. The van der Waals surface area contributed by atoms with Crippen LogP contribution in [0, 0.1) is 10.1 Å². The molecule has 0 bridgehead atoms. The van der Waals surface area contributed by atoms with Crippen molar-refractivity contribution in [3.05, 3.63) is 27.1 Å². The Hall–Kier alpha value is -1.51. The van der Waals surface area contributed by atoms with Crippen molar-refractivity contribution in [2.24, 2.45) is 0 Å². The standard InChI is InChI=1S/C10H12N2O5S/c13-6-7-5-11(3-4-17-7)10(14)8-1-2-9(18-8)12(15)16/h1-2,7,13H,3-6H2. The summed E-state index contributed by atoms with van der Waals surface area (Å²) in [5.74, 6) is -0.255. The van der Waals surface area contributed by atoms with Gasteiger partial charge in [0.05, 0.1) is 29.1 Å². The van der Waals surface area contributed by atoms with Crippen LogP contribution in [0.3, 0.4) is 0 Å². The molecule has 1 amide bonds. The number of carbonyl (C=O) groups is 1. The molecule has 7 nitrogen and oxygen atoms in total. The maximum absolute atomic E-state index is 12.1. The molecule has 1 aromatic heterocycles. The molecule has 8 heteroatoms. The number of nitrogens with zero attached hydrogens (tertiary/aromatic N) is 2. The maximum atomic E-state index is 12.1. The minimum absolute atomic E-state index is 0.0506. The largest absolute Gasteiger partial charge is 0.394 e. The topological polar surface area (TPSA) is 92.9 Å². The number of hydrogen-bond donors (Lipinski definition) is 1. The van der Waals surface area contributed by atoms with Crippen molar-refractivity contribution in [3.63, 3.8) is 0 Å². The minimum Gasteiger partial charge on any atom is -0.394 e. The van der Waals surface area contributed by atoms with Gasteiger partial charge in [0.25, 0.3) is 5.91 Å². The van der Waals surface area contributed by atoms with E-state index in [9.17, 15) is 14.9 Å². The zero-order chi connectivity index (χ0) is 13.1. The highest BCUT2D eigenvalue weighted by atomic mass is 32.1. The summed E-state index contributed by atoms with van der Waals surface area (Å²) in [7, 11) is 0. The molecule has 1 aliphatic rings. The summed E-state index contributed by atoms with van der Waals surface area (Å²) in [6, 6.07) is 2.77. The van der Waals surface area contributed by atoms with Crippen LogP contribution in [0.4, 0.5) is 5.00 Å². The number of amides is 1. The van der Waals surface area contributed by atoms with Crippen molar-refractivity contribution >= 4 is 22.2 Å². The number of aliphatic hydroxyl groups excluding tert-OH is 1. The molecule has 18 heavy (non-hydrogen) atoms. The van der Waals surface area contributed by atoms with Crippen LogP contribution >= 0.6 is 11.3 Å². The van der Waals surface area contributed by atoms with Crippen LogP contribution in [0.15, 0.2) is 12.1 Å². The zero-order valence-corrected chi connectivity index (χ0v) is 10.3. The lowest BCUT2D eigenvalue weighted by molar-refractivity contribution is -0.380. The van der Waals surface area contributed by atoms with Gasteiger partial charge in [-0.25, -0.2) is 0 Å². The first-order chi connectivity index (χ1) is 8.61. The van der Waals surface area contributed by atoms with Crippen molar-refractivity contribution in [2.45, 2.75) is 6.10 Å². The van der Waals surface area contributed by atoms with Crippen LogP contribution < -0.4 is 0 Å². The van der Waals surface area contributed by atoms with Crippen LogP contribution in [-0.4, -0.2) is 53.2 Å². The van der Waals surface area contributed by atoms with Crippen LogP contribution in [0.25, 0.3) is 0 Å². The maximum Gasteiger partial charge on any atom is 0.324 e. The van der Waals surface area contributed by atoms with Gasteiger partial charge in [-0.1, -0.05) is 11.3 Å². The molecule has 1 N–H and O–H groups in total. The lowest BCUT2D eigenvalue weighted by Crippen LogP contribution is -2.46. The van der Waals surface area contributed by atoms with Crippen LogP contribution in [0.2, 0.25) is 0 Å². The summed E-state index contributed by atoms with van der Waals surface area (Å²) in [5, 5.41) is 19.5. The second kappa shape index (κ2) is 5.42. The van der Waals surface area contributed by atoms with Gasteiger partial charge in [-0.15, -0.1) is 0 Å². The first-order valence-electron chi connectivity index (χ1n) is 5.37. The third-order valence-electron chi connectivity index (χ3n) is 2.61. The molecule has 0 radical (unpaired) electrons. The number of aliphatic hydroxyl groups is 1. The van der Waals surface area contributed by atoms with Crippen molar-refractivity contribution in [3.8, 4) is 0 Å². The highest BCUT2D eigenvalue weighted by molar-refractivity contribution is 7.17. The SMILES string of the molecule is O=C(c1ccc([N+](=O)[O-])s1)N1CCOC(CO)C1. The fourth-order valence-corrected chi connectivity index (χ4v) is 2.50. The van der Waals surface area contributed by atoms with E-state index in [2.05, 4.69) is 0 Å². The molecule has 0 saturated carbocycles. The number of rotatable bonds is 3. The normalized spacial score (nSPS) is 19.8. The Morgan fingerprint density at radius 1 is 1.67 bits per heavy atom. The van der Waals surface area contributed by atoms with E-state index in [1.807, 2.05) is 0 Å². The number of thiophene rings is 1. The first kappa shape index (κ1) is 12.9. The Morgan fingerprint density at radius 3 is 3.06 bits per heavy atom. The van der Waals surface area contributed by atoms with Crippen molar-refractivity contribution in [1.82, 2.24) is 4.90 Å². The summed E-state index contributed by atoms with van der Waals surface area (Å²) >= 11 is 0.858. The zero-order valence-electron chi connectivity index (χ0n) is 9.44. The van der Waals surface area contributed by atoms with E-state index < -0.39 is 4.92 Å². The van der Waals surface area contributed by atoms with Gasteiger partial charge in [-0.3, -0.25) is 14.9 Å². The molecule has 1 unspecified atom stereocenters. The number of morpholine rings is 1. The molecule has 0 aliphatic carbocycles. The van der Waals surface area contributed by atoms with E-state index in [1.54, 1.807) is 4.90 Å². The molecule has 1 saturated heterocycles. The summed E-state index contributed by atoms with van der Waals surface area (Å²) < 4.78 is 5.24. The Kier molecular flexibility index (Phi) is 3.90. The number of hydrogen-bond acceptors (Lipinski definition) is 6. The highest BCUT2D eigenvalue weighted by Crippen LogP contribution is 2.25. The lowest BCUT2D eigenvalue weighted by Gasteiger charge is -2.31. The van der Waals surface area contributed by atoms with Gasteiger partial charge in [0.2, 0.25) is 0 Å². The minimum atomic E-state index is -0.517. The predicted molar refractivity (Wildman–Crippen MR) is 63.7 cm³/mol. The third kappa shape index (κ3) is 2.66. The van der Waals surface area contributed by atoms with Crippen molar-refractivity contribution in [2.75, 3.05) is 26.3 Å². The predicted octanol–water partition coefficient (Wildman–Crippen LogP) is 0.490. The van der Waals surface area contributed by atoms with Crippen LogP contribution in [-0.2, 0) is 4.74 Å². The van der Waals surface area contributed by atoms with Gasteiger partial charge in [0.1, 0.15) is 0 Å². The molecule has 1 fully saturated rings. The molecular formula is C10H12N2O5S. The summed E-state index contributed by atoms with van der Waals surface area (Å²) in [5.41, 5.74) is 0. The molecule has 1 aromatic rings. The smallest absolute Gasteiger partial charge is 0.324 e. The van der Waals surface area contributed by atoms with Crippen LogP contribution in [0.1, 0.15) is 9.67 Å². The van der Waals surface area contributed by atoms with Gasteiger partial charge in [0.15, 0.2) is 0 Å². The van der Waals surface area contributed by atoms with Gasteiger partial charge in [-0.2, -0.15) is 0 Å². The summed E-state index contributed by atoms with van der Waals surface area (Å²) in [4.78, 5) is 24.0. The second-order valence-electron chi connectivity index (χ2n) is 3.82. The quantitative estimate of drug-likeness (QED) is 0.638. The monoisotopic (exact) mass is 272 g/mol. The molecule has 0 spiro atoms. The molecular weight excluding hydrogens is 260 g/mol. The Morgan fingerprint density at radius 2 is 2.44 bits per heavy atom. The van der Waals surface area contributed by atoms with Gasteiger partial charge in [-0.05, 0) is 6.07 Å². The van der Waals surface area contributed by atoms with Crippen molar-refractivity contribution in [1.29, 1.82) is 0 Å². The Bertz CT molecular complexity index is 461. The van der Waals surface area contributed by atoms with Gasteiger partial charge in [0, 0.05) is 19.2 Å². The molecule has 2 rings (SSSR count). The van der Waals surface area contributed by atoms with E-state index in [0.29, 0.717) is 24.6 Å². The van der Waals surface area contributed by atoms with Gasteiger partial charge >= 0.3 is 5.00 Å². The second-order valence-corrected chi connectivity index (χ2v) is 4.88. The fourth-order valence-electron chi connectivity index (χ4n) is 1.71.